The van der Waals surface area contributed by atoms with E-state index in [1.807, 2.05) is 19.0 Å². The standard InChI is InChI=1S/C15H30N2O/c1-15(2,3)10-11-17(5)14(18)12-6-8-13(16-4)9-7-12/h12-13,16H,6-11H2,1-5H3. The first-order valence-electron chi connectivity index (χ1n) is 7.26. The Labute approximate surface area is 112 Å². The second-order valence-electron chi connectivity index (χ2n) is 6.91. The summed E-state index contributed by atoms with van der Waals surface area (Å²) in [6.45, 7) is 7.56. The van der Waals surface area contributed by atoms with E-state index in [1.165, 1.54) is 0 Å². The van der Waals surface area contributed by atoms with Crippen LogP contribution in [0.2, 0.25) is 0 Å². The van der Waals surface area contributed by atoms with Gasteiger partial charge in [-0.2, -0.15) is 0 Å². The molecule has 1 aliphatic carbocycles. The molecule has 0 aliphatic heterocycles. The van der Waals surface area contributed by atoms with Gasteiger partial charge in [0.15, 0.2) is 0 Å². The minimum atomic E-state index is 0.263. The maximum absolute atomic E-state index is 12.3. The van der Waals surface area contributed by atoms with Crippen LogP contribution in [0.1, 0.15) is 52.9 Å². The molecule has 1 saturated carbocycles. The number of hydrogen-bond acceptors (Lipinski definition) is 2. The quantitative estimate of drug-likeness (QED) is 0.836. The highest BCUT2D eigenvalue weighted by molar-refractivity contribution is 5.78. The lowest BCUT2D eigenvalue weighted by molar-refractivity contribution is -0.135. The van der Waals surface area contributed by atoms with Gasteiger partial charge in [-0.15, -0.1) is 0 Å². The highest BCUT2D eigenvalue weighted by Gasteiger charge is 2.27. The number of carbonyl (C=O) groups is 1. The Kier molecular flexibility index (Phi) is 5.64. The van der Waals surface area contributed by atoms with Crippen molar-refractivity contribution in [1.82, 2.24) is 10.2 Å². The molecule has 1 N–H and O–H groups in total. The third kappa shape index (κ3) is 4.97. The third-order valence-electron chi connectivity index (χ3n) is 4.06. The second-order valence-corrected chi connectivity index (χ2v) is 6.91. The van der Waals surface area contributed by atoms with Crippen LogP contribution in [-0.2, 0) is 4.79 Å². The molecule has 0 aromatic carbocycles. The molecule has 0 radical (unpaired) electrons. The SMILES string of the molecule is CNC1CCC(C(=O)N(C)CCC(C)(C)C)CC1. The van der Waals surface area contributed by atoms with Crippen molar-refractivity contribution in [2.75, 3.05) is 20.6 Å². The number of hydrogen-bond donors (Lipinski definition) is 1. The molecule has 0 saturated heterocycles. The number of carbonyl (C=O) groups excluding carboxylic acids is 1. The maximum atomic E-state index is 12.3. The Hall–Kier alpha value is -0.570. The van der Waals surface area contributed by atoms with Crippen LogP contribution in [0.25, 0.3) is 0 Å². The van der Waals surface area contributed by atoms with Gasteiger partial charge in [0.05, 0.1) is 0 Å². The molecule has 0 aromatic rings. The summed E-state index contributed by atoms with van der Waals surface area (Å²) in [5.74, 6) is 0.619. The van der Waals surface area contributed by atoms with E-state index in [9.17, 15) is 4.79 Å². The molecule has 1 fully saturated rings. The van der Waals surface area contributed by atoms with Crippen LogP contribution in [0.15, 0.2) is 0 Å². The Bertz CT molecular complexity index is 262. The number of nitrogens with one attached hydrogen (secondary N) is 1. The summed E-state index contributed by atoms with van der Waals surface area (Å²) in [6, 6.07) is 0.619. The lowest BCUT2D eigenvalue weighted by Crippen LogP contribution is -2.39. The maximum Gasteiger partial charge on any atom is 0.225 e. The molecule has 0 heterocycles. The third-order valence-corrected chi connectivity index (χ3v) is 4.06. The van der Waals surface area contributed by atoms with Crippen LogP contribution in [-0.4, -0.2) is 37.5 Å². The van der Waals surface area contributed by atoms with Gasteiger partial charge in [-0.25, -0.2) is 0 Å². The molecule has 0 bridgehead atoms. The topological polar surface area (TPSA) is 32.3 Å². The Morgan fingerprint density at radius 1 is 1.22 bits per heavy atom. The van der Waals surface area contributed by atoms with Gasteiger partial charge < -0.3 is 10.2 Å². The first kappa shape index (κ1) is 15.5. The van der Waals surface area contributed by atoms with E-state index < -0.39 is 0 Å². The molecular formula is C15H30N2O. The average Bonchev–Trinajstić information content (AvgIpc) is 2.34. The van der Waals surface area contributed by atoms with Crippen molar-refractivity contribution in [1.29, 1.82) is 0 Å². The van der Waals surface area contributed by atoms with Crippen molar-refractivity contribution >= 4 is 5.91 Å². The number of rotatable bonds is 4. The van der Waals surface area contributed by atoms with Gasteiger partial charge in [0.2, 0.25) is 5.91 Å². The van der Waals surface area contributed by atoms with Crippen molar-refractivity contribution < 1.29 is 4.79 Å². The molecule has 0 spiro atoms. The van der Waals surface area contributed by atoms with E-state index in [0.717, 1.165) is 38.6 Å². The molecule has 3 nitrogen and oxygen atoms in total. The highest BCUT2D eigenvalue weighted by atomic mass is 16.2. The lowest BCUT2D eigenvalue weighted by atomic mass is 9.85. The van der Waals surface area contributed by atoms with Gasteiger partial charge in [-0.1, -0.05) is 20.8 Å². The summed E-state index contributed by atoms with van der Waals surface area (Å²) in [6.07, 6.45) is 5.44. The van der Waals surface area contributed by atoms with E-state index >= 15 is 0 Å². The first-order chi connectivity index (χ1) is 8.33. The van der Waals surface area contributed by atoms with Crippen LogP contribution in [0.3, 0.4) is 0 Å². The molecule has 0 unspecified atom stereocenters. The Morgan fingerprint density at radius 3 is 2.22 bits per heavy atom. The molecule has 18 heavy (non-hydrogen) atoms. The smallest absolute Gasteiger partial charge is 0.225 e. The molecule has 1 aliphatic rings. The largest absolute Gasteiger partial charge is 0.346 e. The summed E-state index contributed by atoms with van der Waals surface area (Å²) in [5, 5.41) is 3.31. The average molecular weight is 254 g/mol. The summed E-state index contributed by atoms with van der Waals surface area (Å²) >= 11 is 0. The fraction of sp³-hybridized carbons (Fsp3) is 0.933. The predicted molar refractivity (Wildman–Crippen MR) is 76.5 cm³/mol. The van der Waals surface area contributed by atoms with E-state index in [0.29, 0.717) is 17.4 Å². The molecule has 3 heteroatoms. The highest BCUT2D eigenvalue weighted by Crippen LogP contribution is 2.26. The zero-order valence-corrected chi connectivity index (χ0v) is 12.8. The lowest BCUT2D eigenvalue weighted by Gasteiger charge is -2.31. The second kappa shape index (κ2) is 6.55. The van der Waals surface area contributed by atoms with Crippen LogP contribution in [0.5, 0.6) is 0 Å². The van der Waals surface area contributed by atoms with Crippen molar-refractivity contribution in [2.45, 2.75) is 58.9 Å². The fourth-order valence-corrected chi connectivity index (χ4v) is 2.55. The minimum Gasteiger partial charge on any atom is -0.346 e. The molecule has 0 aromatic heterocycles. The van der Waals surface area contributed by atoms with Gasteiger partial charge in [-0.3, -0.25) is 4.79 Å². The van der Waals surface area contributed by atoms with Crippen LogP contribution >= 0.6 is 0 Å². The Morgan fingerprint density at radius 2 is 1.78 bits per heavy atom. The van der Waals surface area contributed by atoms with E-state index in [1.54, 1.807) is 0 Å². The van der Waals surface area contributed by atoms with Gasteiger partial charge >= 0.3 is 0 Å². The minimum absolute atomic E-state index is 0.263. The zero-order chi connectivity index (χ0) is 13.8. The monoisotopic (exact) mass is 254 g/mol. The first-order valence-corrected chi connectivity index (χ1v) is 7.26. The van der Waals surface area contributed by atoms with Crippen molar-refractivity contribution in [3.05, 3.63) is 0 Å². The molecular weight excluding hydrogens is 224 g/mol. The molecule has 1 rings (SSSR count). The fourth-order valence-electron chi connectivity index (χ4n) is 2.55. The summed E-state index contributed by atoms with van der Waals surface area (Å²) in [7, 11) is 3.97. The summed E-state index contributed by atoms with van der Waals surface area (Å²) in [5.41, 5.74) is 0.304. The van der Waals surface area contributed by atoms with Gasteiger partial charge in [0.1, 0.15) is 0 Å². The van der Waals surface area contributed by atoms with Crippen LogP contribution in [0.4, 0.5) is 0 Å². The number of amides is 1. The van der Waals surface area contributed by atoms with Crippen molar-refractivity contribution in [2.24, 2.45) is 11.3 Å². The Balaban J connectivity index is 2.36. The van der Waals surface area contributed by atoms with Crippen molar-refractivity contribution in [3.63, 3.8) is 0 Å². The van der Waals surface area contributed by atoms with E-state index in [2.05, 4.69) is 26.1 Å². The normalized spacial score (nSPS) is 24.9. The summed E-state index contributed by atoms with van der Waals surface area (Å²) < 4.78 is 0. The number of nitrogens with zero attached hydrogens (tertiary/aromatic N) is 1. The van der Waals surface area contributed by atoms with Crippen molar-refractivity contribution in [3.8, 4) is 0 Å². The van der Waals surface area contributed by atoms with E-state index in [4.69, 9.17) is 0 Å². The zero-order valence-electron chi connectivity index (χ0n) is 12.8. The summed E-state index contributed by atoms with van der Waals surface area (Å²) in [4.78, 5) is 14.3. The molecule has 0 atom stereocenters. The van der Waals surface area contributed by atoms with Crippen LogP contribution in [0, 0.1) is 11.3 Å². The van der Waals surface area contributed by atoms with Gasteiger partial charge in [0.25, 0.3) is 0 Å². The van der Waals surface area contributed by atoms with Crippen LogP contribution < -0.4 is 5.32 Å². The molecule has 106 valence electrons. The van der Waals surface area contributed by atoms with Gasteiger partial charge in [-0.05, 0) is 44.6 Å². The molecule has 1 amide bonds. The van der Waals surface area contributed by atoms with E-state index in [-0.39, 0.29) is 5.92 Å². The predicted octanol–water partition coefficient (Wildman–Crippen LogP) is 2.66. The van der Waals surface area contributed by atoms with Gasteiger partial charge in [0, 0.05) is 25.6 Å².